The lowest BCUT2D eigenvalue weighted by atomic mass is 10.1. The predicted octanol–water partition coefficient (Wildman–Crippen LogP) is 12.0. The molecule has 0 spiro atoms. The Bertz CT molecular complexity index is 2010. The van der Waals surface area contributed by atoms with Crippen LogP contribution in [0, 0.1) is 57.2 Å². The van der Waals surface area contributed by atoms with Crippen LogP contribution in [0.4, 0.5) is 0 Å². The van der Waals surface area contributed by atoms with Gasteiger partial charge in [0.2, 0.25) is 12.2 Å². The molecule has 2 saturated carbocycles. The minimum atomic E-state index is -0.995. The highest BCUT2D eigenvalue weighted by Crippen LogP contribution is 2.61. The topological polar surface area (TPSA) is 119 Å². The molecule has 0 unspecified atom stereocenters. The molecule has 0 saturated heterocycles. The number of ether oxygens (including phenoxy) is 4. The third-order valence-electron chi connectivity index (χ3n) is 10.1. The molecule has 288 valence electrons. The molecule has 2 fully saturated rings. The van der Waals surface area contributed by atoms with Crippen LogP contribution in [-0.2, 0) is 19.1 Å². The minimum Gasteiger partial charge on any atom is -0.457 e. The Labute approximate surface area is 338 Å². The molecule has 0 heterocycles. The zero-order valence-corrected chi connectivity index (χ0v) is 33.6. The molecule has 0 amide bonds. The standard InChI is InChI=1S/2C23H22ClNO3/c2*1-15(24)12-19-21(23(19,2)3)22(26)28-20(14-25)16-8-7-11-18(13-16)27-17-9-5-4-6-10-17/h2*4-13,19-21H,1-3H3/b2*15-12-/t19-,20+,21-;19-,20-,21-/m11/s1. The van der Waals surface area contributed by atoms with Crippen LogP contribution in [0.2, 0.25) is 0 Å². The summed E-state index contributed by atoms with van der Waals surface area (Å²) in [5.41, 5.74) is 0.684. The SMILES string of the molecule is C/C(Cl)=C/[C@@H]1[C@H](C(=O)O[C@@H](C#N)c2cccc(Oc3ccccc3)c2)C1(C)C.C/C(Cl)=C/[C@@H]1[C@H](C(=O)O[C@H](C#N)c2cccc(Oc3ccccc3)c2)C1(C)C. The number of benzene rings is 4. The Morgan fingerprint density at radius 1 is 0.589 bits per heavy atom. The van der Waals surface area contributed by atoms with Crippen molar-refractivity contribution in [3.05, 3.63) is 143 Å². The van der Waals surface area contributed by atoms with E-state index >= 15 is 0 Å². The number of hydrogen-bond donors (Lipinski definition) is 0. The lowest BCUT2D eigenvalue weighted by molar-refractivity contribution is -0.150. The number of carbonyl (C=O) groups excluding carboxylic acids is 2. The fourth-order valence-electron chi connectivity index (χ4n) is 6.82. The summed E-state index contributed by atoms with van der Waals surface area (Å²) in [6, 6.07) is 36.9. The van der Waals surface area contributed by atoms with Gasteiger partial charge in [-0.15, -0.1) is 0 Å². The summed E-state index contributed by atoms with van der Waals surface area (Å²) in [5, 5.41) is 20.4. The monoisotopic (exact) mass is 790 g/mol. The Morgan fingerprint density at radius 3 is 1.25 bits per heavy atom. The Kier molecular flexibility index (Phi) is 13.3. The van der Waals surface area contributed by atoms with E-state index in [0.29, 0.717) is 44.2 Å². The summed E-state index contributed by atoms with van der Waals surface area (Å²) in [7, 11) is 0. The number of para-hydroxylation sites is 2. The average molecular weight is 792 g/mol. The van der Waals surface area contributed by atoms with Crippen molar-refractivity contribution in [3.8, 4) is 35.1 Å². The van der Waals surface area contributed by atoms with Gasteiger partial charge < -0.3 is 18.9 Å². The number of nitrogens with zero attached hydrogens (tertiary/aromatic N) is 2. The van der Waals surface area contributed by atoms with Crippen LogP contribution in [0.5, 0.6) is 23.0 Å². The van der Waals surface area contributed by atoms with E-state index in [-0.39, 0.29) is 46.4 Å². The third-order valence-corrected chi connectivity index (χ3v) is 10.4. The van der Waals surface area contributed by atoms with Gasteiger partial charge in [-0.1, -0.05) is 124 Å². The van der Waals surface area contributed by atoms with Gasteiger partial charge >= 0.3 is 11.9 Å². The first-order valence-electron chi connectivity index (χ1n) is 18.2. The molecular weight excluding hydrogens is 747 g/mol. The molecule has 6 rings (SSSR count). The van der Waals surface area contributed by atoms with E-state index in [1.807, 2.05) is 101 Å². The van der Waals surface area contributed by atoms with Crippen molar-refractivity contribution in [1.82, 2.24) is 0 Å². The molecule has 2 aliphatic rings. The van der Waals surface area contributed by atoms with Gasteiger partial charge in [-0.05, 0) is 85.0 Å². The second kappa shape index (κ2) is 17.9. The van der Waals surface area contributed by atoms with Gasteiger partial charge in [-0.2, -0.15) is 10.5 Å². The molecular formula is C46H44Cl2N2O6. The number of esters is 2. The summed E-state index contributed by atoms with van der Waals surface area (Å²) in [5.74, 6) is 1.19. The highest BCUT2D eigenvalue weighted by atomic mass is 35.5. The fourth-order valence-corrected chi connectivity index (χ4v) is 7.09. The summed E-state index contributed by atoms with van der Waals surface area (Å²) in [6.45, 7) is 11.6. The first kappa shape index (κ1) is 41.6. The maximum atomic E-state index is 12.7. The lowest BCUT2D eigenvalue weighted by Crippen LogP contribution is -2.14. The molecule has 0 aliphatic heterocycles. The van der Waals surface area contributed by atoms with Gasteiger partial charge in [0, 0.05) is 21.2 Å². The number of hydrogen-bond acceptors (Lipinski definition) is 8. The average Bonchev–Trinajstić information content (AvgIpc) is 3.93. The smallest absolute Gasteiger partial charge is 0.311 e. The molecule has 4 aromatic rings. The largest absolute Gasteiger partial charge is 0.457 e. The number of allylic oxidation sites excluding steroid dienone is 4. The van der Waals surface area contributed by atoms with Crippen LogP contribution in [0.1, 0.15) is 64.9 Å². The fraction of sp³-hybridized carbons (Fsp3) is 0.304. The van der Waals surface area contributed by atoms with Gasteiger partial charge in [-0.3, -0.25) is 9.59 Å². The highest BCUT2D eigenvalue weighted by Gasteiger charge is 2.62. The van der Waals surface area contributed by atoms with Gasteiger partial charge in [0.25, 0.3) is 0 Å². The van der Waals surface area contributed by atoms with E-state index in [4.69, 9.17) is 42.1 Å². The second-order valence-electron chi connectivity index (χ2n) is 15.0. The minimum absolute atomic E-state index is 0.0181. The molecule has 4 aromatic carbocycles. The van der Waals surface area contributed by atoms with Crippen LogP contribution in [0.25, 0.3) is 0 Å². The Hall–Kier alpha value is -5.54. The van der Waals surface area contributed by atoms with E-state index < -0.39 is 12.2 Å². The van der Waals surface area contributed by atoms with Crippen molar-refractivity contribution >= 4 is 35.1 Å². The predicted molar refractivity (Wildman–Crippen MR) is 216 cm³/mol. The van der Waals surface area contributed by atoms with Crippen LogP contribution in [0.15, 0.2) is 131 Å². The highest BCUT2D eigenvalue weighted by molar-refractivity contribution is 6.29. The van der Waals surface area contributed by atoms with Gasteiger partial charge in [0.1, 0.15) is 35.1 Å². The summed E-state index contributed by atoms with van der Waals surface area (Å²) in [4.78, 5) is 25.3. The van der Waals surface area contributed by atoms with Crippen molar-refractivity contribution in [2.75, 3.05) is 0 Å². The number of rotatable bonds is 12. The molecule has 8 nitrogen and oxygen atoms in total. The van der Waals surface area contributed by atoms with Gasteiger partial charge in [0.15, 0.2) is 0 Å². The van der Waals surface area contributed by atoms with Gasteiger partial charge in [-0.25, -0.2) is 0 Å². The quantitative estimate of drug-likeness (QED) is 0.130. The molecule has 56 heavy (non-hydrogen) atoms. The van der Waals surface area contributed by atoms with E-state index in [9.17, 15) is 20.1 Å². The molecule has 6 atom stereocenters. The lowest BCUT2D eigenvalue weighted by Gasteiger charge is -2.13. The first-order chi connectivity index (χ1) is 26.6. The Balaban J connectivity index is 0.000000214. The van der Waals surface area contributed by atoms with Crippen LogP contribution >= 0.6 is 23.2 Å². The normalized spacial score (nSPS) is 21.3. The summed E-state index contributed by atoms with van der Waals surface area (Å²) >= 11 is 11.9. The number of halogens is 2. The van der Waals surface area contributed by atoms with E-state index in [1.165, 1.54) is 0 Å². The maximum Gasteiger partial charge on any atom is 0.311 e. The van der Waals surface area contributed by atoms with Crippen molar-refractivity contribution in [2.45, 2.75) is 53.8 Å². The molecule has 10 heteroatoms. The second-order valence-corrected chi connectivity index (χ2v) is 16.2. The zero-order chi connectivity index (χ0) is 40.6. The molecule has 0 N–H and O–H groups in total. The van der Waals surface area contributed by atoms with E-state index in [0.717, 1.165) is 0 Å². The summed E-state index contributed by atoms with van der Waals surface area (Å²) in [6.07, 6.45) is 1.77. The van der Waals surface area contributed by atoms with E-state index in [1.54, 1.807) is 62.4 Å². The van der Waals surface area contributed by atoms with Gasteiger partial charge in [0.05, 0.1) is 11.8 Å². The van der Waals surface area contributed by atoms with Crippen molar-refractivity contribution in [2.24, 2.45) is 34.5 Å². The molecule has 0 aromatic heterocycles. The Morgan fingerprint density at radius 2 is 0.929 bits per heavy atom. The third kappa shape index (κ3) is 10.4. The van der Waals surface area contributed by atoms with Crippen LogP contribution in [0.3, 0.4) is 0 Å². The van der Waals surface area contributed by atoms with Crippen LogP contribution in [-0.4, -0.2) is 11.9 Å². The molecule has 2 aliphatic carbocycles. The van der Waals surface area contributed by atoms with Crippen molar-refractivity contribution in [3.63, 3.8) is 0 Å². The van der Waals surface area contributed by atoms with Crippen molar-refractivity contribution in [1.29, 1.82) is 10.5 Å². The zero-order valence-electron chi connectivity index (χ0n) is 32.1. The number of nitriles is 2. The molecule has 0 radical (unpaired) electrons. The summed E-state index contributed by atoms with van der Waals surface area (Å²) < 4.78 is 22.7. The molecule has 0 bridgehead atoms. The number of carbonyl (C=O) groups is 2. The van der Waals surface area contributed by atoms with Crippen LogP contribution < -0.4 is 9.47 Å². The van der Waals surface area contributed by atoms with E-state index in [2.05, 4.69) is 12.1 Å². The maximum absolute atomic E-state index is 12.7. The first-order valence-corrected chi connectivity index (χ1v) is 18.9. The van der Waals surface area contributed by atoms with Crippen molar-refractivity contribution < 1.29 is 28.5 Å².